The van der Waals surface area contributed by atoms with Gasteiger partial charge in [-0.3, -0.25) is 0 Å². The lowest BCUT2D eigenvalue weighted by atomic mass is 10.5. The number of esters is 1. The van der Waals surface area contributed by atoms with Crippen molar-refractivity contribution in [2.75, 3.05) is 5.33 Å². The lowest BCUT2D eigenvalue weighted by Gasteiger charge is -1.95. The summed E-state index contributed by atoms with van der Waals surface area (Å²) < 4.78 is 28.5. The molecule has 0 N–H and O–H groups in total. The molecule has 0 spiro atoms. The number of halogens is 3. The maximum atomic E-state index is 12.3. The van der Waals surface area contributed by atoms with Gasteiger partial charge in [-0.25, -0.2) is 9.18 Å². The highest BCUT2D eigenvalue weighted by Gasteiger charge is 2.14. The summed E-state index contributed by atoms with van der Waals surface area (Å²) in [5, 5.41) is -0.356. The highest BCUT2D eigenvalue weighted by Crippen LogP contribution is 2.11. The summed E-state index contributed by atoms with van der Waals surface area (Å²) in [5.41, 5.74) is 0. The molecule has 0 rings (SSSR count). The SMILES string of the molecule is C=COC(=O)/C(F)=C(/F)CBr. The zero-order valence-corrected chi connectivity index (χ0v) is 7.03. The van der Waals surface area contributed by atoms with Crippen LogP contribution in [0.15, 0.2) is 24.5 Å². The van der Waals surface area contributed by atoms with Crippen molar-refractivity contribution in [1.29, 1.82) is 0 Å². The maximum Gasteiger partial charge on any atom is 0.374 e. The van der Waals surface area contributed by atoms with E-state index >= 15 is 0 Å². The third kappa shape index (κ3) is 3.27. The van der Waals surface area contributed by atoms with Gasteiger partial charge in [0.2, 0.25) is 5.83 Å². The van der Waals surface area contributed by atoms with E-state index in [1.165, 1.54) is 0 Å². The van der Waals surface area contributed by atoms with E-state index in [1.54, 1.807) is 0 Å². The van der Waals surface area contributed by atoms with Gasteiger partial charge in [0.25, 0.3) is 0 Å². The molecule has 0 unspecified atom stereocenters. The van der Waals surface area contributed by atoms with Gasteiger partial charge in [-0.15, -0.1) is 0 Å². The lowest BCUT2D eigenvalue weighted by Crippen LogP contribution is -2.01. The maximum absolute atomic E-state index is 12.3. The van der Waals surface area contributed by atoms with E-state index in [-0.39, 0.29) is 5.33 Å². The zero-order chi connectivity index (χ0) is 8.85. The number of rotatable bonds is 3. The van der Waals surface area contributed by atoms with Gasteiger partial charge >= 0.3 is 5.97 Å². The molecule has 0 aromatic heterocycles. The Labute approximate surface area is 70.7 Å². The molecular weight excluding hydrogens is 222 g/mol. The van der Waals surface area contributed by atoms with Gasteiger partial charge in [0.1, 0.15) is 0 Å². The number of carbonyl (C=O) groups is 1. The molecule has 0 fully saturated rings. The van der Waals surface area contributed by atoms with E-state index in [0.29, 0.717) is 0 Å². The fraction of sp³-hybridized carbons (Fsp3) is 0.167. The standard InChI is InChI=1S/C6H5BrF2O2/c1-2-11-6(10)5(9)4(8)3-7/h2H,1,3H2/b5-4-. The number of carbonyl (C=O) groups excluding carboxylic acids is 1. The first-order valence-corrected chi connectivity index (χ1v) is 3.67. The Kier molecular flexibility index (Phi) is 4.69. The minimum absolute atomic E-state index is 0.356. The van der Waals surface area contributed by atoms with E-state index in [2.05, 4.69) is 27.2 Å². The molecule has 5 heteroatoms. The van der Waals surface area contributed by atoms with Crippen LogP contribution in [0.3, 0.4) is 0 Å². The van der Waals surface area contributed by atoms with Crippen LogP contribution in [-0.4, -0.2) is 11.3 Å². The lowest BCUT2D eigenvalue weighted by molar-refractivity contribution is -0.135. The van der Waals surface area contributed by atoms with Crippen LogP contribution in [0.4, 0.5) is 8.78 Å². The van der Waals surface area contributed by atoms with Crippen molar-refractivity contribution in [2.24, 2.45) is 0 Å². The summed E-state index contributed by atoms with van der Waals surface area (Å²) in [4.78, 5) is 10.4. The van der Waals surface area contributed by atoms with Gasteiger partial charge in [0.15, 0.2) is 5.83 Å². The molecule has 0 radical (unpaired) electrons. The van der Waals surface area contributed by atoms with Crippen LogP contribution in [0.25, 0.3) is 0 Å². The monoisotopic (exact) mass is 226 g/mol. The Hall–Kier alpha value is -0.710. The Bertz CT molecular complexity index is 201. The molecule has 0 aliphatic rings. The molecule has 0 aliphatic carbocycles. The van der Waals surface area contributed by atoms with Gasteiger partial charge in [-0.05, 0) is 0 Å². The van der Waals surface area contributed by atoms with Crippen LogP contribution in [0, 0.1) is 0 Å². The van der Waals surface area contributed by atoms with Gasteiger partial charge in [-0.2, -0.15) is 4.39 Å². The van der Waals surface area contributed by atoms with E-state index < -0.39 is 17.6 Å². The van der Waals surface area contributed by atoms with Crippen LogP contribution >= 0.6 is 15.9 Å². The summed E-state index contributed by atoms with van der Waals surface area (Å²) >= 11 is 2.63. The summed E-state index contributed by atoms with van der Waals surface area (Å²) in [6.45, 7) is 3.00. The van der Waals surface area contributed by atoms with Crippen molar-refractivity contribution >= 4 is 21.9 Å². The van der Waals surface area contributed by atoms with Crippen molar-refractivity contribution in [3.63, 3.8) is 0 Å². The predicted molar refractivity (Wildman–Crippen MR) is 39.3 cm³/mol. The van der Waals surface area contributed by atoms with Gasteiger partial charge in [0, 0.05) is 0 Å². The molecule has 0 aliphatic heterocycles. The van der Waals surface area contributed by atoms with Crippen molar-refractivity contribution in [2.45, 2.75) is 0 Å². The van der Waals surface area contributed by atoms with Crippen LogP contribution < -0.4 is 0 Å². The van der Waals surface area contributed by atoms with Crippen molar-refractivity contribution < 1.29 is 18.3 Å². The number of alkyl halides is 1. The first-order chi connectivity index (χ1) is 5.13. The molecule has 0 aromatic carbocycles. The second-order valence-electron chi connectivity index (χ2n) is 1.42. The first kappa shape index (κ1) is 10.3. The molecule has 0 amide bonds. The highest BCUT2D eigenvalue weighted by atomic mass is 79.9. The molecule has 0 atom stereocenters. The quantitative estimate of drug-likeness (QED) is 0.320. The largest absolute Gasteiger partial charge is 0.430 e. The van der Waals surface area contributed by atoms with Crippen molar-refractivity contribution in [3.05, 3.63) is 24.5 Å². The smallest absolute Gasteiger partial charge is 0.374 e. The van der Waals surface area contributed by atoms with Crippen LogP contribution in [0.5, 0.6) is 0 Å². The predicted octanol–water partition coefficient (Wildman–Crippen LogP) is 2.22. The van der Waals surface area contributed by atoms with Gasteiger partial charge in [-0.1, -0.05) is 22.5 Å². The van der Waals surface area contributed by atoms with E-state index in [0.717, 1.165) is 6.26 Å². The Balaban J connectivity index is 4.33. The normalized spacial score (nSPS) is 11.9. The van der Waals surface area contributed by atoms with Gasteiger partial charge in [0.05, 0.1) is 11.6 Å². The third-order valence-corrected chi connectivity index (χ3v) is 1.22. The number of hydrogen-bond acceptors (Lipinski definition) is 2. The van der Waals surface area contributed by atoms with Crippen molar-refractivity contribution in [1.82, 2.24) is 0 Å². The Morgan fingerprint density at radius 2 is 2.18 bits per heavy atom. The fourth-order valence-corrected chi connectivity index (χ4v) is 0.543. The number of ether oxygens (including phenoxy) is 1. The topological polar surface area (TPSA) is 26.3 Å². The molecule has 0 heterocycles. The molecule has 2 nitrogen and oxygen atoms in total. The third-order valence-electron chi connectivity index (χ3n) is 0.725. The van der Waals surface area contributed by atoms with Crippen LogP contribution in [0.2, 0.25) is 0 Å². The average Bonchev–Trinajstić information content (AvgIpc) is 2.02. The summed E-state index contributed by atoms with van der Waals surface area (Å²) in [5.74, 6) is -4.12. The minimum Gasteiger partial charge on any atom is -0.430 e. The van der Waals surface area contributed by atoms with Crippen molar-refractivity contribution in [3.8, 4) is 0 Å². The molecule has 11 heavy (non-hydrogen) atoms. The molecule has 0 saturated carbocycles. The second-order valence-corrected chi connectivity index (χ2v) is 1.99. The molecular formula is C6H5BrF2O2. The highest BCUT2D eigenvalue weighted by molar-refractivity contribution is 9.09. The first-order valence-electron chi connectivity index (χ1n) is 2.55. The Morgan fingerprint density at radius 3 is 2.55 bits per heavy atom. The number of hydrogen-bond donors (Lipinski definition) is 0. The van der Waals surface area contributed by atoms with E-state index in [9.17, 15) is 13.6 Å². The summed E-state index contributed by atoms with van der Waals surface area (Å²) in [7, 11) is 0. The average molecular weight is 227 g/mol. The summed E-state index contributed by atoms with van der Waals surface area (Å²) in [6.07, 6.45) is 0.726. The second kappa shape index (κ2) is 5.01. The molecule has 0 aromatic rings. The Morgan fingerprint density at radius 1 is 1.64 bits per heavy atom. The van der Waals surface area contributed by atoms with Crippen LogP contribution in [-0.2, 0) is 9.53 Å². The zero-order valence-electron chi connectivity index (χ0n) is 5.44. The fourth-order valence-electron chi connectivity index (χ4n) is 0.297. The number of allylic oxidation sites excluding steroid dienone is 1. The molecule has 62 valence electrons. The van der Waals surface area contributed by atoms with E-state index in [1.807, 2.05) is 0 Å². The summed E-state index contributed by atoms with van der Waals surface area (Å²) in [6, 6.07) is 0. The molecule has 0 saturated heterocycles. The molecule has 0 bridgehead atoms. The van der Waals surface area contributed by atoms with Gasteiger partial charge < -0.3 is 4.74 Å². The van der Waals surface area contributed by atoms with Crippen LogP contribution in [0.1, 0.15) is 0 Å². The van der Waals surface area contributed by atoms with E-state index in [4.69, 9.17) is 0 Å². The minimum atomic E-state index is -1.54.